The molecule has 1 heterocycles. The molecule has 142 valence electrons. The summed E-state index contributed by atoms with van der Waals surface area (Å²) in [4.78, 5) is 12.5. The van der Waals surface area contributed by atoms with E-state index in [1.54, 1.807) is 26.0 Å². The number of sulfonamides is 1. The lowest BCUT2D eigenvalue weighted by Gasteiger charge is -2.13. The van der Waals surface area contributed by atoms with Crippen LogP contribution in [0.5, 0.6) is 0 Å². The Labute approximate surface area is 158 Å². The van der Waals surface area contributed by atoms with Crippen LogP contribution < -0.4 is 10.0 Å². The van der Waals surface area contributed by atoms with Gasteiger partial charge in [-0.3, -0.25) is 9.89 Å². The molecule has 3 rings (SSSR count). The number of amides is 1. The minimum Gasteiger partial charge on any atom is -0.347 e. The Morgan fingerprint density at radius 1 is 1.07 bits per heavy atom. The second-order valence-electron chi connectivity index (χ2n) is 6.60. The molecule has 0 saturated carbocycles. The Hall–Kier alpha value is -2.71. The highest BCUT2D eigenvalue weighted by Gasteiger charge is 2.17. The summed E-state index contributed by atoms with van der Waals surface area (Å²) in [6, 6.07) is 14.4. The molecule has 1 amide bonds. The van der Waals surface area contributed by atoms with E-state index in [0.29, 0.717) is 11.3 Å². The molecule has 3 N–H and O–H groups in total. The summed E-state index contributed by atoms with van der Waals surface area (Å²) < 4.78 is 27.0. The Morgan fingerprint density at radius 2 is 1.74 bits per heavy atom. The number of para-hydroxylation sites is 1. The Bertz CT molecular complexity index is 1060. The highest BCUT2D eigenvalue weighted by molar-refractivity contribution is 7.88. The van der Waals surface area contributed by atoms with Gasteiger partial charge in [-0.2, -0.15) is 5.10 Å². The summed E-state index contributed by atoms with van der Waals surface area (Å²) in [6.07, 6.45) is 0. The van der Waals surface area contributed by atoms with Crippen LogP contribution in [0.3, 0.4) is 0 Å². The first-order chi connectivity index (χ1) is 12.9. The van der Waals surface area contributed by atoms with Crippen molar-refractivity contribution in [3.05, 3.63) is 65.4 Å². The number of carbonyl (C=O) groups excluding carboxylic acids is 1. The molecule has 0 unspecified atom stereocenters. The fourth-order valence-corrected chi connectivity index (χ4v) is 4.36. The van der Waals surface area contributed by atoms with Crippen LogP contribution in [0.4, 0.5) is 0 Å². The van der Waals surface area contributed by atoms with Crippen molar-refractivity contribution in [1.29, 1.82) is 0 Å². The van der Waals surface area contributed by atoms with Gasteiger partial charge in [0.25, 0.3) is 5.91 Å². The first-order valence-corrected chi connectivity index (χ1v) is 10.3. The van der Waals surface area contributed by atoms with Crippen molar-refractivity contribution >= 4 is 26.8 Å². The van der Waals surface area contributed by atoms with Gasteiger partial charge in [0.1, 0.15) is 0 Å². The van der Waals surface area contributed by atoms with Crippen molar-refractivity contribution in [1.82, 2.24) is 20.2 Å². The maximum Gasteiger partial charge on any atom is 0.272 e. The van der Waals surface area contributed by atoms with Gasteiger partial charge >= 0.3 is 0 Å². The number of nitrogens with zero attached hydrogens (tertiary/aromatic N) is 1. The van der Waals surface area contributed by atoms with Gasteiger partial charge in [-0.15, -0.1) is 0 Å². The predicted octanol–water partition coefficient (Wildman–Crippen LogP) is 2.32. The minimum atomic E-state index is -3.45. The van der Waals surface area contributed by atoms with Gasteiger partial charge in [-0.25, -0.2) is 13.1 Å². The number of rotatable bonds is 7. The lowest BCUT2D eigenvalue weighted by atomic mass is 10.1. The summed E-state index contributed by atoms with van der Waals surface area (Å²) >= 11 is 0. The van der Waals surface area contributed by atoms with Crippen LogP contribution >= 0.6 is 0 Å². The Morgan fingerprint density at radius 3 is 2.48 bits per heavy atom. The first kappa shape index (κ1) is 19.1. The third-order valence-electron chi connectivity index (χ3n) is 4.00. The van der Waals surface area contributed by atoms with Gasteiger partial charge in [0.05, 0.1) is 11.3 Å². The topological polar surface area (TPSA) is 104 Å². The number of hydrogen-bond donors (Lipinski definition) is 3. The number of nitrogens with one attached hydrogen (secondary N) is 3. The van der Waals surface area contributed by atoms with Crippen molar-refractivity contribution in [2.75, 3.05) is 0 Å². The fourth-order valence-electron chi connectivity index (χ4n) is 2.87. The minimum absolute atomic E-state index is 0.136. The van der Waals surface area contributed by atoms with Crippen molar-refractivity contribution in [3.63, 3.8) is 0 Å². The summed E-state index contributed by atoms with van der Waals surface area (Å²) in [6.45, 7) is 3.77. The highest BCUT2D eigenvalue weighted by Crippen LogP contribution is 2.16. The third kappa shape index (κ3) is 4.72. The van der Waals surface area contributed by atoms with Crippen molar-refractivity contribution in [2.45, 2.75) is 32.2 Å². The molecule has 0 aliphatic rings. The van der Waals surface area contributed by atoms with E-state index in [1.165, 1.54) is 0 Å². The maximum atomic E-state index is 12.5. The van der Waals surface area contributed by atoms with Crippen LogP contribution in [0.15, 0.2) is 48.5 Å². The molecule has 27 heavy (non-hydrogen) atoms. The number of carbonyl (C=O) groups is 1. The number of benzene rings is 2. The van der Waals surface area contributed by atoms with Crippen LogP contribution in [0.25, 0.3) is 10.9 Å². The van der Waals surface area contributed by atoms with Gasteiger partial charge in [0.2, 0.25) is 10.0 Å². The fraction of sp³-hybridized carbons (Fsp3) is 0.263. The molecule has 0 aliphatic heterocycles. The zero-order valence-corrected chi connectivity index (χ0v) is 16.0. The third-order valence-corrected chi connectivity index (χ3v) is 5.53. The summed E-state index contributed by atoms with van der Waals surface area (Å²) in [5.74, 6) is -0.451. The van der Waals surface area contributed by atoms with Gasteiger partial charge in [-0.1, -0.05) is 42.5 Å². The van der Waals surface area contributed by atoms with E-state index in [-0.39, 0.29) is 24.2 Å². The molecular weight excluding hydrogens is 364 g/mol. The van der Waals surface area contributed by atoms with E-state index in [0.717, 1.165) is 16.5 Å². The lowest BCUT2D eigenvalue weighted by molar-refractivity contribution is 0.0947. The van der Waals surface area contributed by atoms with Crippen LogP contribution in [0.2, 0.25) is 0 Å². The Kier molecular flexibility index (Phi) is 5.57. The van der Waals surface area contributed by atoms with Crippen LogP contribution in [-0.4, -0.2) is 30.6 Å². The summed E-state index contributed by atoms with van der Waals surface area (Å²) in [7, 11) is -3.45. The standard InChI is InChI=1S/C19H22N4O3S/c1-13(2)23-27(25,26)12-15-8-4-3-7-14(15)11-20-19(24)18-16-9-5-6-10-17(16)21-22-18/h3-10,13,23H,11-12H2,1-2H3,(H,20,24)(H,21,22). The zero-order valence-electron chi connectivity index (χ0n) is 15.2. The van der Waals surface area contributed by atoms with Gasteiger partial charge in [0, 0.05) is 18.0 Å². The molecule has 0 radical (unpaired) electrons. The van der Waals surface area contributed by atoms with E-state index in [4.69, 9.17) is 0 Å². The lowest BCUT2D eigenvalue weighted by Crippen LogP contribution is -2.32. The number of hydrogen-bond acceptors (Lipinski definition) is 4. The second-order valence-corrected chi connectivity index (χ2v) is 8.35. The molecule has 3 aromatic rings. The zero-order chi connectivity index (χ0) is 19.4. The number of aromatic nitrogens is 2. The molecule has 0 aliphatic carbocycles. The predicted molar refractivity (Wildman–Crippen MR) is 105 cm³/mol. The average molecular weight is 386 g/mol. The van der Waals surface area contributed by atoms with E-state index < -0.39 is 10.0 Å². The highest BCUT2D eigenvalue weighted by atomic mass is 32.2. The molecule has 0 atom stereocenters. The molecule has 0 bridgehead atoms. The van der Waals surface area contributed by atoms with Crippen molar-refractivity contribution in [2.24, 2.45) is 0 Å². The van der Waals surface area contributed by atoms with Gasteiger partial charge in [-0.05, 0) is 31.0 Å². The molecule has 7 nitrogen and oxygen atoms in total. The van der Waals surface area contributed by atoms with E-state index in [9.17, 15) is 13.2 Å². The molecule has 2 aromatic carbocycles. The molecule has 0 spiro atoms. The van der Waals surface area contributed by atoms with Crippen molar-refractivity contribution < 1.29 is 13.2 Å². The normalized spacial score (nSPS) is 11.8. The van der Waals surface area contributed by atoms with Gasteiger partial charge in [0.15, 0.2) is 5.69 Å². The number of aromatic amines is 1. The quantitative estimate of drug-likeness (QED) is 0.580. The van der Waals surface area contributed by atoms with E-state index in [2.05, 4.69) is 20.2 Å². The molecule has 0 fully saturated rings. The van der Waals surface area contributed by atoms with Crippen LogP contribution in [0.1, 0.15) is 35.5 Å². The van der Waals surface area contributed by atoms with Crippen LogP contribution in [-0.2, 0) is 22.3 Å². The smallest absolute Gasteiger partial charge is 0.272 e. The van der Waals surface area contributed by atoms with E-state index >= 15 is 0 Å². The van der Waals surface area contributed by atoms with E-state index in [1.807, 2.05) is 36.4 Å². The average Bonchev–Trinajstić information content (AvgIpc) is 3.03. The summed E-state index contributed by atoms with van der Waals surface area (Å²) in [5, 5.41) is 10.5. The monoisotopic (exact) mass is 386 g/mol. The molecule has 1 aromatic heterocycles. The first-order valence-electron chi connectivity index (χ1n) is 8.64. The number of fused-ring (bicyclic) bond motifs is 1. The molecular formula is C19H22N4O3S. The summed E-state index contributed by atoms with van der Waals surface area (Å²) in [5.41, 5.74) is 2.50. The van der Waals surface area contributed by atoms with Gasteiger partial charge < -0.3 is 5.32 Å². The second kappa shape index (κ2) is 7.89. The maximum absolute atomic E-state index is 12.5. The number of H-pyrrole nitrogens is 1. The molecule has 0 saturated heterocycles. The molecule has 8 heteroatoms. The van der Waals surface area contributed by atoms with Crippen molar-refractivity contribution in [3.8, 4) is 0 Å². The Balaban J connectivity index is 1.74. The largest absolute Gasteiger partial charge is 0.347 e. The van der Waals surface area contributed by atoms with Crippen LogP contribution in [0, 0.1) is 0 Å². The SMILES string of the molecule is CC(C)NS(=O)(=O)Cc1ccccc1CNC(=O)c1n[nH]c2ccccc12.